The molecule has 2 amide bonds. The molecule has 0 aromatic carbocycles. The summed E-state index contributed by atoms with van der Waals surface area (Å²) < 4.78 is 0. The van der Waals surface area contributed by atoms with Crippen molar-refractivity contribution in [3.05, 3.63) is 11.6 Å². The van der Waals surface area contributed by atoms with Gasteiger partial charge >= 0.3 is 0 Å². The monoisotopic (exact) mass is 352 g/mol. The quantitative estimate of drug-likeness (QED) is 0.802. The summed E-state index contributed by atoms with van der Waals surface area (Å²) in [7, 11) is 0. The minimum Gasteiger partial charge on any atom is -0.345 e. The van der Waals surface area contributed by atoms with Crippen LogP contribution in [-0.2, 0) is 9.59 Å². The fourth-order valence-electron chi connectivity index (χ4n) is 3.70. The molecule has 2 atom stereocenters. The van der Waals surface area contributed by atoms with E-state index in [4.69, 9.17) is 0 Å². The second-order valence-corrected chi connectivity index (χ2v) is 8.77. The number of nitrogens with zero attached hydrogens (tertiary/aromatic N) is 4. The van der Waals surface area contributed by atoms with Crippen LogP contribution < -0.4 is 4.90 Å². The number of thioether (sulfide) groups is 1. The van der Waals surface area contributed by atoms with Crippen molar-refractivity contribution in [2.24, 2.45) is 0 Å². The molecule has 3 aliphatic heterocycles. The zero-order valence-electron chi connectivity index (χ0n) is 13.1. The summed E-state index contributed by atoms with van der Waals surface area (Å²) in [6, 6.07) is -0.272. The Kier molecular flexibility index (Phi) is 3.76. The van der Waals surface area contributed by atoms with Crippen molar-refractivity contribution in [3.63, 3.8) is 0 Å². The van der Waals surface area contributed by atoms with Crippen LogP contribution in [0.4, 0.5) is 5.13 Å². The van der Waals surface area contributed by atoms with Gasteiger partial charge in [0, 0.05) is 49.9 Å². The normalized spacial score (nSPS) is 30.9. The Balaban J connectivity index is 1.42. The molecule has 1 aromatic heterocycles. The topological polar surface area (TPSA) is 56.8 Å². The summed E-state index contributed by atoms with van der Waals surface area (Å²) in [5, 5.41) is 3.00. The Morgan fingerprint density at radius 3 is 2.83 bits per heavy atom. The van der Waals surface area contributed by atoms with Crippen LogP contribution in [0.3, 0.4) is 0 Å². The average molecular weight is 352 g/mol. The minimum absolute atomic E-state index is 0.121. The number of carbonyl (C=O) groups is 2. The lowest BCUT2D eigenvalue weighted by Gasteiger charge is -2.38. The zero-order valence-corrected chi connectivity index (χ0v) is 14.7. The van der Waals surface area contributed by atoms with E-state index >= 15 is 0 Å². The van der Waals surface area contributed by atoms with Crippen molar-refractivity contribution < 1.29 is 9.59 Å². The second-order valence-electron chi connectivity index (χ2n) is 6.39. The molecule has 8 heteroatoms. The number of hydrogen-bond donors (Lipinski definition) is 0. The van der Waals surface area contributed by atoms with Gasteiger partial charge in [-0.25, -0.2) is 4.98 Å². The molecule has 0 N–H and O–H groups in total. The number of aromatic nitrogens is 1. The summed E-state index contributed by atoms with van der Waals surface area (Å²) >= 11 is 3.39. The van der Waals surface area contributed by atoms with Crippen LogP contribution in [0.2, 0.25) is 0 Å². The Hall–Kier alpha value is -1.28. The summed E-state index contributed by atoms with van der Waals surface area (Å²) in [6.45, 7) is 5.13. The van der Waals surface area contributed by atoms with Crippen molar-refractivity contribution in [2.75, 3.05) is 36.8 Å². The van der Waals surface area contributed by atoms with Gasteiger partial charge in [0.1, 0.15) is 6.04 Å². The molecular formula is C15H20N4O2S2. The lowest BCUT2D eigenvalue weighted by molar-refractivity contribution is -0.143. The summed E-state index contributed by atoms with van der Waals surface area (Å²) in [6.07, 6.45) is 3.25. The molecule has 6 nitrogen and oxygen atoms in total. The third-order valence-electron chi connectivity index (χ3n) is 5.01. The number of rotatable bonds is 2. The molecule has 0 saturated carbocycles. The fourth-order valence-corrected chi connectivity index (χ4v) is 5.82. The SMILES string of the molecule is CC12CCC(=O)N1C(C(=O)N1CCN(c3nccs3)CC1)CS2. The molecule has 4 rings (SSSR count). The largest absolute Gasteiger partial charge is 0.345 e. The molecule has 3 aliphatic rings. The molecule has 23 heavy (non-hydrogen) atoms. The number of amides is 2. The van der Waals surface area contributed by atoms with Crippen LogP contribution in [0.5, 0.6) is 0 Å². The van der Waals surface area contributed by atoms with Crippen LogP contribution in [0.1, 0.15) is 19.8 Å². The Morgan fingerprint density at radius 2 is 2.13 bits per heavy atom. The summed E-state index contributed by atoms with van der Waals surface area (Å²) in [5.74, 6) is 0.987. The summed E-state index contributed by atoms with van der Waals surface area (Å²) in [4.78, 5) is 35.3. The van der Waals surface area contributed by atoms with Crippen molar-refractivity contribution in [3.8, 4) is 0 Å². The molecule has 0 spiro atoms. The third-order valence-corrected chi connectivity index (χ3v) is 7.35. The van der Waals surface area contributed by atoms with E-state index in [-0.39, 0.29) is 22.7 Å². The van der Waals surface area contributed by atoms with E-state index in [0.29, 0.717) is 19.5 Å². The van der Waals surface area contributed by atoms with Gasteiger partial charge in [-0.1, -0.05) is 0 Å². The van der Waals surface area contributed by atoms with E-state index in [1.54, 1.807) is 23.1 Å². The molecule has 2 unspecified atom stereocenters. The maximum absolute atomic E-state index is 12.9. The smallest absolute Gasteiger partial charge is 0.246 e. The number of piperazine rings is 1. The van der Waals surface area contributed by atoms with Gasteiger partial charge in [-0.05, 0) is 13.3 Å². The highest BCUT2D eigenvalue weighted by Gasteiger charge is 2.53. The molecule has 0 radical (unpaired) electrons. The Morgan fingerprint density at radius 1 is 1.35 bits per heavy atom. The molecule has 0 aliphatic carbocycles. The fraction of sp³-hybridized carbons (Fsp3) is 0.667. The van der Waals surface area contributed by atoms with E-state index in [0.717, 1.165) is 30.4 Å². The number of thiazole rings is 1. The van der Waals surface area contributed by atoms with Gasteiger partial charge in [0.05, 0.1) is 4.87 Å². The maximum Gasteiger partial charge on any atom is 0.246 e. The van der Waals surface area contributed by atoms with Crippen molar-refractivity contribution in [2.45, 2.75) is 30.7 Å². The van der Waals surface area contributed by atoms with Gasteiger partial charge < -0.3 is 14.7 Å². The van der Waals surface area contributed by atoms with Gasteiger partial charge in [-0.3, -0.25) is 9.59 Å². The van der Waals surface area contributed by atoms with Gasteiger partial charge in [-0.2, -0.15) is 0 Å². The third kappa shape index (κ3) is 2.52. The highest BCUT2D eigenvalue weighted by molar-refractivity contribution is 8.01. The van der Waals surface area contributed by atoms with E-state index in [2.05, 4.69) is 16.8 Å². The predicted molar refractivity (Wildman–Crippen MR) is 91.6 cm³/mol. The molecule has 1 aromatic rings. The number of fused-ring (bicyclic) bond motifs is 1. The van der Waals surface area contributed by atoms with Crippen LogP contribution in [0.15, 0.2) is 11.6 Å². The predicted octanol–water partition coefficient (Wildman–Crippen LogP) is 1.25. The Bertz CT molecular complexity index is 615. The number of hydrogen-bond acceptors (Lipinski definition) is 6. The zero-order chi connectivity index (χ0) is 16.0. The minimum atomic E-state index is -0.272. The molecule has 124 valence electrons. The summed E-state index contributed by atoms with van der Waals surface area (Å²) in [5.41, 5.74) is 0. The highest BCUT2D eigenvalue weighted by atomic mass is 32.2. The Labute approximate surface area is 143 Å². The molecule has 3 saturated heterocycles. The van der Waals surface area contributed by atoms with Crippen molar-refractivity contribution >= 4 is 40.0 Å². The molecule has 4 heterocycles. The van der Waals surface area contributed by atoms with Gasteiger partial charge in [0.25, 0.3) is 0 Å². The standard InChI is InChI=1S/C15H20N4O2S2/c1-15-3-2-12(20)19(15)11(10-23-15)13(21)17-5-7-18(8-6-17)14-16-4-9-22-14/h4,9,11H,2-3,5-8,10H2,1H3. The number of anilines is 1. The maximum atomic E-state index is 12.9. The van der Waals surface area contributed by atoms with Crippen molar-refractivity contribution in [1.82, 2.24) is 14.8 Å². The first-order chi connectivity index (χ1) is 11.1. The molecular weight excluding hydrogens is 332 g/mol. The van der Waals surface area contributed by atoms with Crippen molar-refractivity contribution in [1.29, 1.82) is 0 Å². The average Bonchev–Trinajstić information content (AvgIpc) is 3.26. The van der Waals surface area contributed by atoms with Gasteiger partial charge in [0.15, 0.2) is 5.13 Å². The molecule has 0 bridgehead atoms. The lowest BCUT2D eigenvalue weighted by atomic mass is 10.2. The van der Waals surface area contributed by atoms with E-state index in [1.807, 2.05) is 21.4 Å². The van der Waals surface area contributed by atoms with E-state index in [9.17, 15) is 9.59 Å². The first-order valence-electron chi connectivity index (χ1n) is 7.98. The van der Waals surface area contributed by atoms with E-state index in [1.165, 1.54) is 0 Å². The van der Waals surface area contributed by atoms with Gasteiger partial charge in [-0.15, -0.1) is 23.1 Å². The highest BCUT2D eigenvalue weighted by Crippen LogP contribution is 2.47. The molecule has 3 fully saturated rings. The van der Waals surface area contributed by atoms with Crippen LogP contribution in [-0.4, -0.2) is 69.4 Å². The first-order valence-corrected chi connectivity index (χ1v) is 9.84. The van der Waals surface area contributed by atoms with Crippen LogP contribution in [0, 0.1) is 0 Å². The van der Waals surface area contributed by atoms with Gasteiger partial charge in [0.2, 0.25) is 11.8 Å². The van der Waals surface area contributed by atoms with Crippen LogP contribution >= 0.6 is 23.1 Å². The van der Waals surface area contributed by atoms with Crippen LogP contribution in [0.25, 0.3) is 0 Å². The van der Waals surface area contributed by atoms with E-state index < -0.39 is 0 Å². The number of carbonyl (C=O) groups excluding carboxylic acids is 2. The second kappa shape index (κ2) is 5.66. The lowest BCUT2D eigenvalue weighted by Crippen LogP contribution is -2.56. The first kappa shape index (κ1) is 15.3.